The first-order valence-corrected chi connectivity index (χ1v) is 7.97. The highest BCUT2D eigenvalue weighted by Crippen LogP contribution is 2.32. The van der Waals surface area contributed by atoms with Crippen LogP contribution >= 0.6 is 15.9 Å². The second-order valence-electron chi connectivity index (χ2n) is 5.13. The standard InChI is InChI=1S/C15H20BrF2N/c16-8-9-19(11-15(17)18)10-13-6-3-5-12-4-1-2-7-14(12)13/h1-2,4,7,13,15H,3,5-6,8-11H2. The van der Waals surface area contributed by atoms with Crippen LogP contribution in [0.2, 0.25) is 0 Å². The Morgan fingerprint density at radius 3 is 2.84 bits per heavy atom. The van der Waals surface area contributed by atoms with E-state index in [1.807, 2.05) is 4.90 Å². The van der Waals surface area contributed by atoms with Crippen molar-refractivity contribution in [3.8, 4) is 0 Å². The van der Waals surface area contributed by atoms with Gasteiger partial charge in [-0.15, -0.1) is 0 Å². The van der Waals surface area contributed by atoms with Gasteiger partial charge in [-0.2, -0.15) is 0 Å². The molecule has 1 nitrogen and oxygen atoms in total. The quantitative estimate of drug-likeness (QED) is 0.710. The highest BCUT2D eigenvalue weighted by atomic mass is 79.9. The minimum absolute atomic E-state index is 0.121. The maximum Gasteiger partial charge on any atom is 0.251 e. The summed E-state index contributed by atoms with van der Waals surface area (Å²) in [6, 6.07) is 8.45. The van der Waals surface area contributed by atoms with Crippen LogP contribution in [0.1, 0.15) is 29.9 Å². The van der Waals surface area contributed by atoms with Crippen LogP contribution in [0.3, 0.4) is 0 Å². The second kappa shape index (κ2) is 7.34. The molecule has 1 aromatic rings. The summed E-state index contributed by atoms with van der Waals surface area (Å²) in [6.07, 6.45) is 1.15. The van der Waals surface area contributed by atoms with Gasteiger partial charge in [-0.1, -0.05) is 40.2 Å². The van der Waals surface area contributed by atoms with Crippen molar-refractivity contribution < 1.29 is 8.78 Å². The number of nitrogens with zero attached hydrogens (tertiary/aromatic N) is 1. The SMILES string of the molecule is FC(F)CN(CCBr)CC1CCCc2ccccc21. The zero-order valence-electron chi connectivity index (χ0n) is 11.0. The average molecular weight is 332 g/mol. The summed E-state index contributed by atoms with van der Waals surface area (Å²) in [5, 5.41) is 0.744. The summed E-state index contributed by atoms with van der Waals surface area (Å²) in [4.78, 5) is 1.88. The van der Waals surface area contributed by atoms with Crippen LogP contribution in [0.5, 0.6) is 0 Å². The molecule has 0 N–H and O–H groups in total. The van der Waals surface area contributed by atoms with E-state index in [-0.39, 0.29) is 6.54 Å². The number of hydrogen-bond acceptors (Lipinski definition) is 1. The first kappa shape index (κ1) is 14.9. The lowest BCUT2D eigenvalue weighted by molar-refractivity contribution is 0.0873. The van der Waals surface area contributed by atoms with Gasteiger partial charge in [-0.05, 0) is 36.3 Å². The third-order valence-corrected chi connectivity index (χ3v) is 4.12. The zero-order chi connectivity index (χ0) is 13.7. The summed E-state index contributed by atoms with van der Waals surface area (Å²) in [5.74, 6) is 0.405. The number of rotatable bonds is 6. The molecule has 1 aliphatic rings. The maximum atomic E-state index is 12.6. The molecule has 2 rings (SSSR count). The fraction of sp³-hybridized carbons (Fsp3) is 0.600. The molecule has 1 aromatic carbocycles. The Hall–Kier alpha value is -0.480. The van der Waals surface area contributed by atoms with E-state index in [0.29, 0.717) is 12.5 Å². The van der Waals surface area contributed by atoms with E-state index in [0.717, 1.165) is 24.7 Å². The van der Waals surface area contributed by atoms with E-state index >= 15 is 0 Å². The summed E-state index contributed by atoms with van der Waals surface area (Å²) < 4.78 is 25.2. The molecule has 0 saturated carbocycles. The van der Waals surface area contributed by atoms with E-state index in [4.69, 9.17) is 0 Å². The molecule has 4 heteroatoms. The van der Waals surface area contributed by atoms with Crippen molar-refractivity contribution in [2.45, 2.75) is 31.6 Å². The number of halogens is 3. The monoisotopic (exact) mass is 331 g/mol. The molecular formula is C15H20BrF2N. The van der Waals surface area contributed by atoms with Gasteiger partial charge in [-0.3, -0.25) is 4.90 Å². The average Bonchev–Trinajstić information content (AvgIpc) is 2.39. The van der Waals surface area contributed by atoms with Gasteiger partial charge in [0.2, 0.25) is 0 Å². The largest absolute Gasteiger partial charge is 0.296 e. The predicted octanol–water partition coefficient (Wildman–Crippen LogP) is 4.07. The molecule has 0 bridgehead atoms. The van der Waals surface area contributed by atoms with Crippen molar-refractivity contribution in [1.29, 1.82) is 0 Å². The van der Waals surface area contributed by atoms with Gasteiger partial charge < -0.3 is 0 Å². The molecule has 0 amide bonds. The lowest BCUT2D eigenvalue weighted by atomic mass is 9.82. The second-order valence-corrected chi connectivity index (χ2v) is 5.92. The van der Waals surface area contributed by atoms with Crippen LogP contribution in [0, 0.1) is 0 Å². The minimum Gasteiger partial charge on any atom is -0.296 e. The third kappa shape index (κ3) is 4.25. The molecule has 0 radical (unpaired) electrons. The van der Waals surface area contributed by atoms with Crippen LogP contribution in [0.4, 0.5) is 8.78 Å². The molecule has 0 saturated heterocycles. The maximum absolute atomic E-state index is 12.6. The zero-order valence-corrected chi connectivity index (χ0v) is 12.6. The summed E-state index contributed by atoms with van der Waals surface area (Å²) in [5.41, 5.74) is 2.76. The highest BCUT2D eigenvalue weighted by molar-refractivity contribution is 9.09. The molecule has 0 aromatic heterocycles. The van der Waals surface area contributed by atoms with E-state index in [1.54, 1.807) is 0 Å². The van der Waals surface area contributed by atoms with Crippen LogP contribution in [0.25, 0.3) is 0 Å². The Morgan fingerprint density at radius 2 is 2.11 bits per heavy atom. The molecule has 0 spiro atoms. The third-order valence-electron chi connectivity index (χ3n) is 3.77. The first-order valence-electron chi connectivity index (χ1n) is 6.85. The van der Waals surface area contributed by atoms with E-state index < -0.39 is 6.43 Å². The van der Waals surface area contributed by atoms with E-state index in [9.17, 15) is 8.78 Å². The first-order chi connectivity index (χ1) is 9.20. The Labute approximate surface area is 122 Å². The van der Waals surface area contributed by atoms with E-state index in [2.05, 4.69) is 40.2 Å². The number of benzene rings is 1. The van der Waals surface area contributed by atoms with Gasteiger partial charge in [-0.25, -0.2) is 8.78 Å². The molecule has 1 atom stereocenters. The normalized spacial score (nSPS) is 18.9. The number of aryl methyl sites for hydroxylation is 1. The summed E-state index contributed by atoms with van der Waals surface area (Å²) in [6.45, 7) is 1.31. The van der Waals surface area contributed by atoms with Gasteiger partial charge in [0.15, 0.2) is 0 Å². The Kier molecular flexibility index (Phi) is 5.76. The molecular weight excluding hydrogens is 312 g/mol. The van der Waals surface area contributed by atoms with Crippen molar-refractivity contribution >= 4 is 15.9 Å². The summed E-state index contributed by atoms with van der Waals surface area (Å²) >= 11 is 3.35. The van der Waals surface area contributed by atoms with E-state index in [1.165, 1.54) is 17.5 Å². The molecule has 106 valence electrons. The molecule has 1 aliphatic carbocycles. The molecule has 19 heavy (non-hydrogen) atoms. The van der Waals surface area contributed by atoms with Crippen LogP contribution in [-0.2, 0) is 6.42 Å². The molecule has 0 heterocycles. The topological polar surface area (TPSA) is 3.24 Å². The number of fused-ring (bicyclic) bond motifs is 1. The van der Waals surface area contributed by atoms with Crippen molar-refractivity contribution in [2.75, 3.05) is 25.0 Å². The van der Waals surface area contributed by atoms with Crippen molar-refractivity contribution in [2.24, 2.45) is 0 Å². The number of alkyl halides is 3. The highest BCUT2D eigenvalue weighted by Gasteiger charge is 2.23. The van der Waals surface area contributed by atoms with Gasteiger partial charge in [0, 0.05) is 18.4 Å². The van der Waals surface area contributed by atoms with Gasteiger partial charge in [0.05, 0.1) is 6.54 Å². The van der Waals surface area contributed by atoms with Gasteiger partial charge >= 0.3 is 0 Å². The molecule has 0 fully saturated rings. The predicted molar refractivity (Wildman–Crippen MR) is 78.4 cm³/mol. The van der Waals surface area contributed by atoms with Crippen molar-refractivity contribution in [1.82, 2.24) is 4.90 Å². The van der Waals surface area contributed by atoms with Crippen molar-refractivity contribution in [3.05, 3.63) is 35.4 Å². The summed E-state index contributed by atoms with van der Waals surface area (Å²) in [7, 11) is 0. The van der Waals surface area contributed by atoms with Gasteiger partial charge in [0.25, 0.3) is 6.43 Å². The molecule has 0 aliphatic heterocycles. The molecule has 1 unspecified atom stereocenters. The van der Waals surface area contributed by atoms with Crippen LogP contribution in [0.15, 0.2) is 24.3 Å². The smallest absolute Gasteiger partial charge is 0.251 e. The fourth-order valence-electron chi connectivity index (χ4n) is 2.93. The Morgan fingerprint density at radius 1 is 1.32 bits per heavy atom. The Balaban J connectivity index is 2.05. The lowest BCUT2D eigenvalue weighted by Crippen LogP contribution is -2.35. The number of hydrogen-bond donors (Lipinski definition) is 0. The minimum atomic E-state index is -2.25. The fourth-order valence-corrected chi connectivity index (χ4v) is 3.43. The van der Waals surface area contributed by atoms with Crippen LogP contribution in [-0.4, -0.2) is 36.3 Å². The van der Waals surface area contributed by atoms with Crippen molar-refractivity contribution in [3.63, 3.8) is 0 Å². The van der Waals surface area contributed by atoms with Gasteiger partial charge in [0.1, 0.15) is 0 Å². The Bertz CT molecular complexity index is 397. The van der Waals surface area contributed by atoms with Crippen LogP contribution < -0.4 is 0 Å². The lowest BCUT2D eigenvalue weighted by Gasteiger charge is -2.31.